The second-order valence-corrected chi connectivity index (χ2v) is 6.94. The number of rotatable bonds is 4. The highest BCUT2D eigenvalue weighted by Crippen LogP contribution is 2.08. The molecule has 0 spiro atoms. The zero-order valence-electron chi connectivity index (χ0n) is 9.35. The quantitative estimate of drug-likeness (QED) is 0.784. The van der Waals surface area contributed by atoms with Crippen LogP contribution in [0.2, 0.25) is 0 Å². The highest BCUT2D eigenvalue weighted by atomic mass is 35.5. The molecule has 0 bridgehead atoms. The lowest BCUT2D eigenvalue weighted by atomic mass is 10.3. The van der Waals surface area contributed by atoms with Crippen molar-refractivity contribution in [3.63, 3.8) is 0 Å². The average molecular weight is 257 g/mol. The second kappa shape index (κ2) is 6.03. The first-order valence-electron chi connectivity index (χ1n) is 5.11. The van der Waals surface area contributed by atoms with Crippen LogP contribution in [-0.4, -0.2) is 50.0 Å². The monoisotopic (exact) mass is 256 g/mol. The minimum Gasteiger partial charge on any atom is -0.326 e. The van der Waals surface area contributed by atoms with Crippen LogP contribution in [0.3, 0.4) is 0 Å². The van der Waals surface area contributed by atoms with Gasteiger partial charge in [0.25, 0.3) is 0 Å². The molecule has 2 N–H and O–H groups in total. The van der Waals surface area contributed by atoms with E-state index in [1.165, 1.54) is 0 Å². The molecule has 1 heterocycles. The van der Waals surface area contributed by atoms with Gasteiger partial charge in [-0.15, -0.1) is 12.4 Å². The van der Waals surface area contributed by atoms with Crippen LogP contribution in [0.4, 0.5) is 0 Å². The summed E-state index contributed by atoms with van der Waals surface area (Å²) >= 11 is 0. The second-order valence-electron chi connectivity index (χ2n) is 4.27. The van der Waals surface area contributed by atoms with E-state index >= 15 is 0 Å². The van der Waals surface area contributed by atoms with Crippen LogP contribution in [0.25, 0.3) is 0 Å². The van der Waals surface area contributed by atoms with Gasteiger partial charge >= 0.3 is 0 Å². The van der Waals surface area contributed by atoms with Crippen molar-refractivity contribution in [1.29, 1.82) is 0 Å². The zero-order valence-corrected chi connectivity index (χ0v) is 11.0. The first-order chi connectivity index (χ1) is 6.42. The summed E-state index contributed by atoms with van der Waals surface area (Å²) in [5, 5.41) is -0.265. The predicted molar refractivity (Wildman–Crippen MR) is 65.2 cm³/mol. The third-order valence-corrected chi connectivity index (χ3v) is 4.91. The number of hydrogen-bond donors (Lipinski definition) is 1. The first-order valence-corrected chi connectivity index (χ1v) is 6.83. The molecule has 15 heavy (non-hydrogen) atoms. The Kier molecular flexibility index (Phi) is 6.10. The van der Waals surface area contributed by atoms with Crippen molar-refractivity contribution >= 4 is 22.2 Å². The van der Waals surface area contributed by atoms with E-state index in [1.807, 2.05) is 0 Å². The summed E-state index contributed by atoms with van der Waals surface area (Å²) in [5.41, 5.74) is 5.73. The maximum absolute atomic E-state index is 11.5. The van der Waals surface area contributed by atoms with Crippen molar-refractivity contribution in [3.8, 4) is 0 Å². The summed E-state index contributed by atoms with van der Waals surface area (Å²) in [7, 11) is -2.89. The molecule has 6 heteroatoms. The van der Waals surface area contributed by atoms with Gasteiger partial charge in [0.05, 0.1) is 11.0 Å². The molecule has 0 aromatic rings. The van der Waals surface area contributed by atoms with Gasteiger partial charge in [-0.2, -0.15) is 0 Å². The molecule has 1 rings (SSSR count). The lowest BCUT2D eigenvalue weighted by Crippen LogP contribution is -2.32. The summed E-state index contributed by atoms with van der Waals surface area (Å²) < 4.78 is 23.0. The molecular weight excluding hydrogens is 236 g/mol. The molecule has 1 aliphatic rings. The Morgan fingerprint density at radius 1 is 1.47 bits per heavy atom. The lowest BCUT2D eigenvalue weighted by molar-refractivity contribution is 0.354. The zero-order chi connectivity index (χ0) is 10.8. The number of halogens is 1. The van der Waals surface area contributed by atoms with Gasteiger partial charge in [0.15, 0.2) is 9.84 Å². The summed E-state index contributed by atoms with van der Waals surface area (Å²) in [5.74, 6) is 0.261. The molecule has 0 radical (unpaired) electrons. The number of hydrogen-bond acceptors (Lipinski definition) is 4. The van der Waals surface area contributed by atoms with Crippen LogP contribution >= 0.6 is 12.4 Å². The van der Waals surface area contributed by atoms with Crippen LogP contribution in [-0.2, 0) is 9.84 Å². The van der Waals surface area contributed by atoms with Crippen molar-refractivity contribution in [1.82, 2.24) is 4.90 Å². The van der Waals surface area contributed by atoms with Gasteiger partial charge in [0.2, 0.25) is 0 Å². The van der Waals surface area contributed by atoms with Crippen LogP contribution < -0.4 is 5.73 Å². The van der Waals surface area contributed by atoms with Crippen LogP contribution in [0.15, 0.2) is 0 Å². The van der Waals surface area contributed by atoms with E-state index < -0.39 is 9.84 Å². The molecule has 1 aliphatic heterocycles. The summed E-state index contributed by atoms with van der Waals surface area (Å²) in [4.78, 5) is 2.13. The van der Waals surface area contributed by atoms with E-state index in [0.29, 0.717) is 6.54 Å². The molecule has 1 saturated heterocycles. The summed E-state index contributed by atoms with van der Waals surface area (Å²) in [6.45, 7) is 5.87. The normalized spacial score (nSPS) is 23.1. The van der Waals surface area contributed by atoms with Crippen molar-refractivity contribution in [2.24, 2.45) is 5.73 Å². The topological polar surface area (TPSA) is 63.4 Å². The molecular formula is C9H21ClN2O2S. The molecule has 0 aromatic carbocycles. The van der Waals surface area contributed by atoms with Crippen LogP contribution in [0.5, 0.6) is 0 Å². The Balaban J connectivity index is 0.00000196. The first kappa shape index (κ1) is 15.2. The molecule has 4 nitrogen and oxygen atoms in total. The van der Waals surface area contributed by atoms with Gasteiger partial charge in [-0.1, -0.05) is 0 Å². The Morgan fingerprint density at radius 3 is 2.47 bits per heavy atom. The van der Waals surface area contributed by atoms with Crippen molar-refractivity contribution < 1.29 is 8.42 Å². The van der Waals surface area contributed by atoms with E-state index in [1.54, 1.807) is 13.8 Å². The van der Waals surface area contributed by atoms with Crippen LogP contribution in [0.1, 0.15) is 20.3 Å². The Morgan fingerprint density at radius 2 is 2.07 bits per heavy atom. The van der Waals surface area contributed by atoms with Gasteiger partial charge < -0.3 is 10.6 Å². The van der Waals surface area contributed by atoms with E-state index in [0.717, 1.165) is 19.5 Å². The number of nitrogens with zero attached hydrogens (tertiary/aromatic N) is 1. The van der Waals surface area contributed by atoms with Gasteiger partial charge in [0, 0.05) is 19.1 Å². The average Bonchev–Trinajstić information content (AvgIpc) is 2.48. The molecule has 0 aromatic heterocycles. The Hall–Kier alpha value is 0.160. The minimum atomic E-state index is -2.89. The van der Waals surface area contributed by atoms with E-state index in [2.05, 4.69) is 4.90 Å². The Labute approximate surface area is 98.5 Å². The molecule has 0 unspecified atom stereocenters. The third-order valence-electron chi connectivity index (χ3n) is 2.72. The molecule has 1 fully saturated rings. The summed E-state index contributed by atoms with van der Waals surface area (Å²) in [6.07, 6.45) is 0.988. The van der Waals surface area contributed by atoms with Gasteiger partial charge in [0.1, 0.15) is 0 Å². The molecule has 0 amide bonds. The van der Waals surface area contributed by atoms with Crippen molar-refractivity contribution in [3.05, 3.63) is 0 Å². The molecule has 1 atom stereocenters. The molecule has 0 saturated carbocycles. The van der Waals surface area contributed by atoms with E-state index in [-0.39, 0.29) is 29.5 Å². The van der Waals surface area contributed by atoms with Gasteiger partial charge in [-0.25, -0.2) is 8.42 Å². The van der Waals surface area contributed by atoms with Gasteiger partial charge in [-0.05, 0) is 26.8 Å². The van der Waals surface area contributed by atoms with Gasteiger partial charge in [-0.3, -0.25) is 0 Å². The minimum absolute atomic E-state index is 0. The standard InChI is InChI=1S/C9H20N2O2S.ClH/c1-8(2)14(12,13)6-5-11-4-3-9(10)7-11;/h8-9H,3-7,10H2,1-2H3;1H/t9-;/m0./s1. The third kappa shape index (κ3) is 4.68. The van der Waals surface area contributed by atoms with E-state index in [4.69, 9.17) is 5.73 Å². The number of sulfone groups is 1. The predicted octanol–water partition coefficient (Wildman–Crippen LogP) is 0.264. The fraction of sp³-hybridized carbons (Fsp3) is 1.00. The van der Waals surface area contributed by atoms with Crippen molar-refractivity contribution in [2.75, 3.05) is 25.4 Å². The van der Waals surface area contributed by atoms with Crippen molar-refractivity contribution in [2.45, 2.75) is 31.6 Å². The fourth-order valence-electron chi connectivity index (χ4n) is 1.56. The molecule has 0 aliphatic carbocycles. The highest BCUT2D eigenvalue weighted by Gasteiger charge is 2.22. The Bertz CT molecular complexity index is 280. The van der Waals surface area contributed by atoms with E-state index in [9.17, 15) is 8.42 Å². The SMILES string of the molecule is CC(C)S(=O)(=O)CCN1CC[C@H](N)C1.Cl. The van der Waals surface area contributed by atoms with Crippen LogP contribution in [0, 0.1) is 0 Å². The fourth-order valence-corrected chi connectivity index (χ4v) is 2.54. The molecule has 92 valence electrons. The maximum atomic E-state index is 11.5. The highest BCUT2D eigenvalue weighted by molar-refractivity contribution is 7.92. The largest absolute Gasteiger partial charge is 0.326 e. The number of nitrogens with two attached hydrogens (primary N) is 1. The maximum Gasteiger partial charge on any atom is 0.153 e. The summed E-state index contributed by atoms with van der Waals surface area (Å²) in [6, 6.07) is 0.233. The smallest absolute Gasteiger partial charge is 0.153 e. The number of likely N-dealkylation sites (tertiary alicyclic amines) is 1. The lowest BCUT2D eigenvalue weighted by Gasteiger charge is -2.15.